The Morgan fingerprint density at radius 3 is 2.07 bits per heavy atom. The minimum absolute atomic E-state index is 0.888. The molecule has 0 saturated carbocycles. The molecule has 4 heterocycles. The van der Waals surface area contributed by atoms with Crippen LogP contribution in [0.15, 0.2) is 23.9 Å². The maximum atomic E-state index is 5.19. The summed E-state index contributed by atoms with van der Waals surface area (Å²) in [7, 11) is 0. The van der Waals surface area contributed by atoms with Crippen molar-refractivity contribution >= 4 is 22.8 Å². The average Bonchev–Trinajstić information content (AvgIpc) is 2.91. The smallest absolute Gasteiger partial charge is 0.228 e. The predicted molar refractivity (Wildman–Crippen MR) is 118 cm³/mol. The van der Waals surface area contributed by atoms with E-state index in [9.17, 15) is 0 Å². The van der Waals surface area contributed by atoms with Crippen LogP contribution in [0, 0.1) is 0 Å². The number of hydrogen-bond donors (Lipinski definition) is 0. The molecule has 2 aromatic heterocycles. The first-order valence-corrected chi connectivity index (χ1v) is 11.2. The van der Waals surface area contributed by atoms with Gasteiger partial charge in [-0.1, -0.05) is 37.3 Å². The monoisotopic (exact) mass is 381 g/mol. The lowest BCUT2D eigenvalue weighted by molar-refractivity contribution is 0.726. The molecular weight excluding hydrogens is 346 g/mol. The van der Waals surface area contributed by atoms with Crippen molar-refractivity contribution in [1.29, 1.82) is 0 Å². The molecular formula is C23H35N5. The van der Waals surface area contributed by atoms with Crippen LogP contribution in [0.2, 0.25) is 0 Å². The molecule has 152 valence electrons. The van der Waals surface area contributed by atoms with E-state index in [1.807, 2.05) is 0 Å². The van der Waals surface area contributed by atoms with Crippen LogP contribution in [0.3, 0.4) is 0 Å². The van der Waals surface area contributed by atoms with Crippen molar-refractivity contribution in [3.8, 4) is 0 Å². The molecule has 2 aliphatic heterocycles. The van der Waals surface area contributed by atoms with Crippen molar-refractivity contribution in [2.45, 2.75) is 71.8 Å². The fourth-order valence-corrected chi connectivity index (χ4v) is 4.42. The maximum Gasteiger partial charge on any atom is 0.228 e. The molecule has 4 rings (SSSR count). The van der Waals surface area contributed by atoms with Crippen molar-refractivity contribution in [2.24, 2.45) is 0 Å². The highest BCUT2D eigenvalue weighted by molar-refractivity contribution is 5.88. The van der Waals surface area contributed by atoms with E-state index in [0.29, 0.717) is 0 Å². The van der Waals surface area contributed by atoms with E-state index >= 15 is 0 Å². The van der Waals surface area contributed by atoms with Crippen molar-refractivity contribution in [1.82, 2.24) is 14.5 Å². The number of aromatic nitrogens is 3. The van der Waals surface area contributed by atoms with Gasteiger partial charge in [0.2, 0.25) is 5.95 Å². The van der Waals surface area contributed by atoms with Crippen molar-refractivity contribution in [2.75, 3.05) is 36.0 Å². The molecule has 0 atom stereocenters. The highest BCUT2D eigenvalue weighted by Crippen LogP contribution is 2.30. The Morgan fingerprint density at radius 1 is 0.857 bits per heavy atom. The lowest BCUT2D eigenvalue weighted by atomic mass is 10.2. The Kier molecular flexibility index (Phi) is 6.18. The van der Waals surface area contributed by atoms with E-state index in [1.165, 1.54) is 62.5 Å². The number of allylic oxidation sites excluding steroid dienone is 2. The van der Waals surface area contributed by atoms with Crippen LogP contribution < -0.4 is 9.80 Å². The summed E-state index contributed by atoms with van der Waals surface area (Å²) in [6.07, 6.45) is 14.8. The van der Waals surface area contributed by atoms with Crippen molar-refractivity contribution in [3.63, 3.8) is 0 Å². The van der Waals surface area contributed by atoms with Gasteiger partial charge in [-0.2, -0.15) is 4.98 Å². The first kappa shape index (κ1) is 19.3. The second-order valence-electron chi connectivity index (χ2n) is 8.63. The van der Waals surface area contributed by atoms with Gasteiger partial charge in [-0.15, -0.1) is 0 Å². The van der Waals surface area contributed by atoms with Gasteiger partial charge in [-0.25, -0.2) is 4.98 Å². The second kappa shape index (κ2) is 8.97. The zero-order valence-electron chi connectivity index (χ0n) is 17.7. The molecule has 0 N–H and O–H groups in total. The number of rotatable bonds is 4. The van der Waals surface area contributed by atoms with E-state index in [4.69, 9.17) is 9.97 Å². The van der Waals surface area contributed by atoms with Gasteiger partial charge in [-0.3, -0.25) is 0 Å². The van der Waals surface area contributed by atoms with Gasteiger partial charge in [0.25, 0.3) is 0 Å². The van der Waals surface area contributed by atoms with Crippen LogP contribution >= 0.6 is 0 Å². The van der Waals surface area contributed by atoms with E-state index in [2.05, 4.69) is 46.6 Å². The van der Waals surface area contributed by atoms with E-state index in [0.717, 1.165) is 50.0 Å². The van der Waals surface area contributed by atoms with E-state index in [1.54, 1.807) is 0 Å². The predicted octanol–water partition coefficient (Wildman–Crippen LogP) is 5.16. The van der Waals surface area contributed by atoms with Crippen LogP contribution in [0.25, 0.3) is 11.0 Å². The first-order chi connectivity index (χ1) is 13.7. The highest BCUT2D eigenvalue weighted by Gasteiger charge is 2.21. The van der Waals surface area contributed by atoms with E-state index < -0.39 is 0 Å². The van der Waals surface area contributed by atoms with Gasteiger partial charge in [0, 0.05) is 38.9 Å². The quantitative estimate of drug-likeness (QED) is 0.686. The summed E-state index contributed by atoms with van der Waals surface area (Å²) in [5.74, 6) is 2.09. The van der Waals surface area contributed by atoms with Gasteiger partial charge in [0.1, 0.15) is 5.52 Å². The molecule has 0 aliphatic carbocycles. The molecule has 0 bridgehead atoms. The van der Waals surface area contributed by atoms with Crippen LogP contribution in [0.1, 0.15) is 65.2 Å². The summed E-state index contributed by atoms with van der Waals surface area (Å²) in [5.41, 5.74) is 3.65. The fraction of sp³-hybridized carbons (Fsp3) is 0.652. The van der Waals surface area contributed by atoms with Gasteiger partial charge in [-0.05, 0) is 45.6 Å². The number of anilines is 2. The molecule has 0 amide bonds. The minimum Gasteiger partial charge on any atom is -0.355 e. The Balaban J connectivity index is 1.77. The Bertz CT molecular complexity index is 802. The zero-order chi connectivity index (χ0) is 19.3. The topological polar surface area (TPSA) is 37.2 Å². The Hall–Kier alpha value is -2.04. The van der Waals surface area contributed by atoms with Crippen LogP contribution in [0.5, 0.6) is 0 Å². The minimum atomic E-state index is 0.888. The van der Waals surface area contributed by atoms with Crippen LogP contribution in [-0.2, 0) is 6.54 Å². The lowest BCUT2D eigenvalue weighted by Crippen LogP contribution is -2.29. The molecule has 0 aromatic carbocycles. The fourth-order valence-electron chi connectivity index (χ4n) is 4.42. The second-order valence-corrected chi connectivity index (χ2v) is 8.63. The molecule has 28 heavy (non-hydrogen) atoms. The van der Waals surface area contributed by atoms with Crippen LogP contribution in [-0.4, -0.2) is 40.7 Å². The number of fused-ring (bicyclic) bond motifs is 1. The Morgan fingerprint density at radius 2 is 1.46 bits per heavy atom. The maximum absolute atomic E-state index is 5.19. The molecule has 2 saturated heterocycles. The third-order valence-electron chi connectivity index (χ3n) is 6.07. The highest BCUT2D eigenvalue weighted by atomic mass is 15.3. The molecule has 2 aromatic rings. The van der Waals surface area contributed by atoms with Gasteiger partial charge in [0.15, 0.2) is 5.82 Å². The summed E-state index contributed by atoms with van der Waals surface area (Å²) in [4.78, 5) is 15.1. The van der Waals surface area contributed by atoms with Crippen LogP contribution in [0.4, 0.5) is 11.8 Å². The van der Waals surface area contributed by atoms with Crippen molar-refractivity contribution < 1.29 is 0 Å². The summed E-state index contributed by atoms with van der Waals surface area (Å²) in [6.45, 7) is 9.61. The number of nitrogens with zero attached hydrogens (tertiary/aromatic N) is 5. The summed E-state index contributed by atoms with van der Waals surface area (Å²) in [5, 5.41) is 0. The third kappa shape index (κ3) is 4.34. The molecule has 2 fully saturated rings. The van der Waals surface area contributed by atoms with Gasteiger partial charge < -0.3 is 14.4 Å². The zero-order valence-corrected chi connectivity index (χ0v) is 17.7. The number of hydrogen-bond acceptors (Lipinski definition) is 4. The lowest BCUT2D eigenvalue weighted by Gasteiger charge is -2.26. The molecule has 0 radical (unpaired) electrons. The normalized spacial score (nSPS) is 18.8. The molecule has 2 aliphatic rings. The molecule has 5 nitrogen and oxygen atoms in total. The van der Waals surface area contributed by atoms with Crippen molar-refractivity contribution in [3.05, 3.63) is 23.9 Å². The SMILES string of the molecule is CC(C)=CCn1ccc2nc(N3CCCCCC3)nc(N3CCCCCC3)c21. The molecule has 0 spiro atoms. The largest absolute Gasteiger partial charge is 0.355 e. The Labute approximate surface area is 169 Å². The summed E-state index contributed by atoms with van der Waals surface area (Å²) < 4.78 is 2.33. The van der Waals surface area contributed by atoms with E-state index in [-0.39, 0.29) is 0 Å². The average molecular weight is 382 g/mol. The molecule has 5 heteroatoms. The first-order valence-electron chi connectivity index (χ1n) is 11.2. The molecule has 0 unspecified atom stereocenters. The summed E-state index contributed by atoms with van der Waals surface area (Å²) in [6, 6.07) is 2.18. The standard InChI is InChI=1S/C23H35N5/c1-19(2)11-17-26-18-12-20-21(26)22(27-13-7-3-4-8-14-27)25-23(24-20)28-15-9-5-6-10-16-28/h11-12,18H,3-10,13-17H2,1-2H3. The third-order valence-corrected chi connectivity index (χ3v) is 6.07. The van der Waals surface area contributed by atoms with Gasteiger partial charge in [0.05, 0.1) is 5.52 Å². The summed E-state index contributed by atoms with van der Waals surface area (Å²) >= 11 is 0. The van der Waals surface area contributed by atoms with Gasteiger partial charge >= 0.3 is 0 Å².